The average molecular weight is 209 g/mol. The Hall–Kier alpha value is 0.0300. The van der Waals surface area contributed by atoms with E-state index >= 15 is 0 Å². The summed E-state index contributed by atoms with van der Waals surface area (Å²) in [5.74, 6) is 0. The monoisotopic (exact) mass is 209 g/mol. The molecule has 1 aliphatic heterocycles. The summed E-state index contributed by atoms with van der Waals surface area (Å²) in [6, 6.07) is 0. The Balaban J connectivity index is 2.08. The Bertz CT molecular complexity index is 189. The summed E-state index contributed by atoms with van der Waals surface area (Å²) in [4.78, 5) is 18.9. The standard InChI is InChI=1S/C6H14N2O4P/c9-13(10,11)12-6-5-8-3-1-7-2-4-8/h1-6H2,(H2,9,10,11). The molecule has 0 aromatic carbocycles. The lowest BCUT2D eigenvalue weighted by Gasteiger charge is -2.25. The Kier molecular flexibility index (Phi) is 4.31. The van der Waals surface area contributed by atoms with Gasteiger partial charge in [-0.05, 0) is 0 Å². The minimum absolute atomic E-state index is 0.0737. The van der Waals surface area contributed by atoms with Gasteiger partial charge in [-0.3, -0.25) is 9.42 Å². The number of phosphoric acid groups is 1. The third kappa shape index (κ3) is 5.36. The zero-order chi connectivity index (χ0) is 9.73. The predicted molar refractivity (Wildman–Crippen MR) is 46.3 cm³/mol. The summed E-state index contributed by atoms with van der Waals surface area (Å²) in [5.41, 5.74) is 0. The van der Waals surface area contributed by atoms with Crippen molar-refractivity contribution in [3.8, 4) is 0 Å². The van der Waals surface area contributed by atoms with Crippen molar-refractivity contribution >= 4 is 7.82 Å². The van der Waals surface area contributed by atoms with Crippen LogP contribution in [0, 0.1) is 0 Å². The largest absolute Gasteiger partial charge is 0.469 e. The second-order valence-corrected chi connectivity index (χ2v) is 4.08. The van der Waals surface area contributed by atoms with Crippen LogP contribution in [0.2, 0.25) is 0 Å². The van der Waals surface area contributed by atoms with E-state index in [4.69, 9.17) is 9.79 Å². The van der Waals surface area contributed by atoms with Gasteiger partial charge in [-0.1, -0.05) is 0 Å². The Morgan fingerprint density at radius 2 is 2.00 bits per heavy atom. The summed E-state index contributed by atoms with van der Waals surface area (Å²) < 4.78 is 14.6. The van der Waals surface area contributed by atoms with E-state index in [1.165, 1.54) is 0 Å². The molecule has 1 fully saturated rings. The van der Waals surface area contributed by atoms with Gasteiger partial charge in [-0.15, -0.1) is 0 Å². The molecule has 1 aliphatic rings. The normalized spacial score (nSPS) is 20.5. The first-order chi connectivity index (χ1) is 6.08. The van der Waals surface area contributed by atoms with Crippen LogP contribution < -0.4 is 5.32 Å². The molecular formula is C6H14N2O4P. The van der Waals surface area contributed by atoms with Gasteiger partial charge < -0.3 is 9.79 Å². The van der Waals surface area contributed by atoms with Crippen molar-refractivity contribution in [3.05, 3.63) is 0 Å². The summed E-state index contributed by atoms with van der Waals surface area (Å²) in [7, 11) is -4.28. The molecule has 1 radical (unpaired) electrons. The Labute approximate surface area is 77.1 Å². The molecule has 6 nitrogen and oxygen atoms in total. The van der Waals surface area contributed by atoms with Crippen LogP contribution in [0.15, 0.2) is 0 Å². The fourth-order valence-corrected chi connectivity index (χ4v) is 1.48. The van der Waals surface area contributed by atoms with Gasteiger partial charge in [0.15, 0.2) is 0 Å². The first kappa shape index (κ1) is 11.1. The lowest BCUT2D eigenvalue weighted by Crippen LogP contribution is -2.41. The average Bonchev–Trinajstić information content (AvgIpc) is 2.04. The smallest absolute Gasteiger partial charge is 0.303 e. The van der Waals surface area contributed by atoms with Gasteiger partial charge in [0, 0.05) is 32.7 Å². The maximum absolute atomic E-state index is 10.3. The minimum Gasteiger partial charge on any atom is -0.303 e. The first-order valence-electron chi connectivity index (χ1n) is 4.13. The molecule has 77 valence electrons. The SMILES string of the molecule is O=P(O)(O)OCCN1CC[N]CC1. The third-order valence-corrected chi connectivity index (χ3v) is 2.33. The van der Waals surface area contributed by atoms with Crippen molar-refractivity contribution in [2.75, 3.05) is 39.3 Å². The van der Waals surface area contributed by atoms with E-state index in [2.05, 4.69) is 14.7 Å². The Morgan fingerprint density at radius 3 is 2.54 bits per heavy atom. The lowest BCUT2D eigenvalue weighted by atomic mass is 10.4. The highest BCUT2D eigenvalue weighted by Crippen LogP contribution is 2.35. The van der Waals surface area contributed by atoms with Gasteiger partial charge in [0.2, 0.25) is 0 Å². The van der Waals surface area contributed by atoms with Gasteiger partial charge >= 0.3 is 7.82 Å². The van der Waals surface area contributed by atoms with Crippen molar-refractivity contribution in [1.29, 1.82) is 0 Å². The molecule has 1 saturated heterocycles. The zero-order valence-corrected chi connectivity index (χ0v) is 8.19. The van der Waals surface area contributed by atoms with Crippen LogP contribution in [-0.4, -0.2) is 54.0 Å². The summed E-state index contributed by atoms with van der Waals surface area (Å²) in [6.07, 6.45) is 0. The minimum atomic E-state index is -4.28. The third-order valence-electron chi connectivity index (χ3n) is 1.82. The van der Waals surface area contributed by atoms with Crippen LogP contribution >= 0.6 is 7.82 Å². The van der Waals surface area contributed by atoms with E-state index in [0.717, 1.165) is 26.2 Å². The fraction of sp³-hybridized carbons (Fsp3) is 1.00. The number of hydrogen-bond acceptors (Lipinski definition) is 3. The molecule has 13 heavy (non-hydrogen) atoms. The zero-order valence-electron chi connectivity index (χ0n) is 7.30. The van der Waals surface area contributed by atoms with Crippen LogP contribution in [-0.2, 0) is 9.09 Å². The molecule has 0 bridgehead atoms. The molecule has 0 aromatic heterocycles. The molecule has 7 heteroatoms. The number of rotatable bonds is 4. The molecule has 0 aliphatic carbocycles. The van der Waals surface area contributed by atoms with Gasteiger partial charge in [-0.25, -0.2) is 9.88 Å². The van der Waals surface area contributed by atoms with Crippen LogP contribution in [0.5, 0.6) is 0 Å². The van der Waals surface area contributed by atoms with Gasteiger partial charge in [0.05, 0.1) is 6.61 Å². The van der Waals surface area contributed by atoms with Crippen LogP contribution in [0.25, 0.3) is 0 Å². The number of nitrogens with zero attached hydrogens (tertiary/aromatic N) is 2. The van der Waals surface area contributed by atoms with E-state index in [1.807, 2.05) is 0 Å². The molecule has 1 rings (SSSR count). The van der Waals surface area contributed by atoms with Crippen LogP contribution in [0.4, 0.5) is 0 Å². The molecule has 0 aromatic rings. The number of piperazine rings is 1. The Morgan fingerprint density at radius 1 is 1.38 bits per heavy atom. The van der Waals surface area contributed by atoms with E-state index in [1.54, 1.807) is 0 Å². The van der Waals surface area contributed by atoms with E-state index in [9.17, 15) is 4.57 Å². The highest BCUT2D eigenvalue weighted by molar-refractivity contribution is 7.46. The summed E-state index contributed by atoms with van der Waals surface area (Å²) in [5, 5.41) is 4.15. The quantitative estimate of drug-likeness (QED) is 0.581. The maximum Gasteiger partial charge on any atom is 0.469 e. The molecule has 1 heterocycles. The molecule has 0 spiro atoms. The van der Waals surface area contributed by atoms with E-state index < -0.39 is 7.82 Å². The lowest BCUT2D eigenvalue weighted by molar-refractivity contribution is 0.153. The number of hydrogen-bond donors (Lipinski definition) is 2. The molecule has 0 saturated carbocycles. The van der Waals surface area contributed by atoms with Crippen molar-refractivity contribution in [2.45, 2.75) is 0 Å². The fourth-order valence-electron chi connectivity index (χ4n) is 1.16. The van der Waals surface area contributed by atoms with Crippen LogP contribution in [0.3, 0.4) is 0 Å². The number of phosphoric ester groups is 1. The first-order valence-corrected chi connectivity index (χ1v) is 5.67. The predicted octanol–water partition coefficient (Wildman–Crippen LogP) is -0.984. The van der Waals surface area contributed by atoms with Gasteiger partial charge in [0.25, 0.3) is 0 Å². The maximum atomic E-state index is 10.3. The van der Waals surface area contributed by atoms with E-state index in [-0.39, 0.29) is 6.61 Å². The molecular weight excluding hydrogens is 195 g/mol. The molecule has 0 amide bonds. The topological polar surface area (TPSA) is 84.1 Å². The van der Waals surface area contributed by atoms with Crippen molar-refractivity contribution in [1.82, 2.24) is 10.2 Å². The highest BCUT2D eigenvalue weighted by Gasteiger charge is 2.15. The second-order valence-electron chi connectivity index (χ2n) is 2.84. The van der Waals surface area contributed by atoms with E-state index in [0.29, 0.717) is 6.54 Å². The van der Waals surface area contributed by atoms with Crippen molar-refractivity contribution in [3.63, 3.8) is 0 Å². The summed E-state index contributed by atoms with van der Waals surface area (Å²) >= 11 is 0. The van der Waals surface area contributed by atoms with Gasteiger partial charge in [0.1, 0.15) is 0 Å². The summed E-state index contributed by atoms with van der Waals surface area (Å²) in [6.45, 7) is 3.94. The molecule has 0 atom stereocenters. The second kappa shape index (κ2) is 5.05. The van der Waals surface area contributed by atoms with Gasteiger partial charge in [-0.2, -0.15) is 0 Å². The highest BCUT2D eigenvalue weighted by atomic mass is 31.2. The molecule has 2 N–H and O–H groups in total. The molecule has 0 unspecified atom stereocenters. The van der Waals surface area contributed by atoms with Crippen molar-refractivity contribution < 1.29 is 18.9 Å². The van der Waals surface area contributed by atoms with Crippen LogP contribution in [0.1, 0.15) is 0 Å². The van der Waals surface area contributed by atoms with Crippen molar-refractivity contribution in [2.24, 2.45) is 0 Å².